The largest absolute Gasteiger partial charge is 0.492 e. The van der Waals surface area contributed by atoms with Gasteiger partial charge in [0.05, 0.1) is 12.5 Å². The van der Waals surface area contributed by atoms with E-state index in [1.807, 2.05) is 24.3 Å². The maximum Gasteiger partial charge on any atom is 0.119 e. The predicted molar refractivity (Wildman–Crippen MR) is 82.2 cm³/mol. The second kappa shape index (κ2) is 8.66. The Kier molecular flexibility index (Phi) is 6.52. The summed E-state index contributed by atoms with van der Waals surface area (Å²) >= 11 is 0. The van der Waals surface area contributed by atoms with Crippen LogP contribution in [0.1, 0.15) is 31.2 Å². The molecule has 0 spiro atoms. The number of nitrogens with zero attached hydrogens (tertiary/aromatic N) is 2. The summed E-state index contributed by atoms with van der Waals surface area (Å²) in [6.45, 7) is 2.78. The van der Waals surface area contributed by atoms with E-state index in [0.29, 0.717) is 19.1 Å². The first-order chi connectivity index (χ1) is 10.3. The van der Waals surface area contributed by atoms with Crippen LogP contribution in [0.2, 0.25) is 0 Å². The highest BCUT2D eigenvalue weighted by molar-refractivity contribution is 5.28. The molecule has 4 nitrogen and oxygen atoms in total. The third-order valence-electron chi connectivity index (χ3n) is 4.05. The van der Waals surface area contributed by atoms with E-state index >= 15 is 0 Å². The van der Waals surface area contributed by atoms with Crippen LogP contribution in [0.3, 0.4) is 0 Å². The normalized spacial score (nSPS) is 14.7. The lowest BCUT2D eigenvalue weighted by atomic mass is 9.91. The second-order valence-electron chi connectivity index (χ2n) is 5.53. The molecule has 21 heavy (non-hydrogen) atoms. The van der Waals surface area contributed by atoms with Crippen molar-refractivity contribution in [3.63, 3.8) is 0 Å². The third kappa shape index (κ3) is 5.04. The highest BCUT2D eigenvalue weighted by atomic mass is 16.5. The lowest BCUT2D eigenvalue weighted by Gasteiger charge is -2.37. The van der Waals surface area contributed by atoms with E-state index in [4.69, 9.17) is 15.1 Å². The molecule has 1 aliphatic carbocycles. The Labute approximate surface area is 127 Å². The van der Waals surface area contributed by atoms with Gasteiger partial charge in [-0.05, 0) is 37.0 Å². The minimum Gasteiger partial charge on any atom is -0.492 e. The van der Waals surface area contributed by atoms with Gasteiger partial charge in [0.15, 0.2) is 0 Å². The quantitative estimate of drug-likeness (QED) is 0.758. The van der Waals surface area contributed by atoms with Gasteiger partial charge < -0.3 is 9.84 Å². The van der Waals surface area contributed by atoms with Crippen LogP contribution in [-0.4, -0.2) is 42.4 Å². The van der Waals surface area contributed by atoms with E-state index < -0.39 is 0 Å². The van der Waals surface area contributed by atoms with E-state index in [0.717, 1.165) is 30.8 Å². The summed E-state index contributed by atoms with van der Waals surface area (Å²) in [6, 6.07) is 10.5. The highest BCUT2D eigenvalue weighted by Gasteiger charge is 2.24. The average molecular weight is 288 g/mol. The maximum absolute atomic E-state index is 8.98. The van der Waals surface area contributed by atoms with Gasteiger partial charge in [0.25, 0.3) is 0 Å². The molecule has 0 heterocycles. The fourth-order valence-electron chi connectivity index (χ4n) is 2.58. The molecule has 0 bridgehead atoms. The van der Waals surface area contributed by atoms with Crippen molar-refractivity contribution in [1.29, 1.82) is 5.26 Å². The van der Waals surface area contributed by atoms with Crippen molar-refractivity contribution >= 4 is 0 Å². The van der Waals surface area contributed by atoms with Gasteiger partial charge in [-0.3, -0.25) is 4.90 Å². The Morgan fingerprint density at radius 3 is 2.57 bits per heavy atom. The minimum absolute atomic E-state index is 0.254. The molecule has 0 unspecified atom stereocenters. The second-order valence-corrected chi connectivity index (χ2v) is 5.53. The summed E-state index contributed by atoms with van der Waals surface area (Å²) in [7, 11) is 0. The lowest BCUT2D eigenvalue weighted by Crippen LogP contribution is -2.43. The van der Waals surface area contributed by atoms with Crippen LogP contribution < -0.4 is 4.74 Å². The smallest absolute Gasteiger partial charge is 0.119 e. The van der Waals surface area contributed by atoms with E-state index in [1.165, 1.54) is 19.3 Å². The summed E-state index contributed by atoms with van der Waals surface area (Å²) in [4.78, 5) is 2.43. The Morgan fingerprint density at radius 2 is 2.00 bits per heavy atom. The Balaban J connectivity index is 1.74. The molecule has 0 atom stereocenters. The van der Waals surface area contributed by atoms with Crippen molar-refractivity contribution in [1.82, 2.24) is 4.90 Å². The molecular formula is C17H24N2O2. The fraction of sp³-hybridized carbons (Fsp3) is 0.588. The number of aliphatic hydroxyl groups is 1. The van der Waals surface area contributed by atoms with Gasteiger partial charge >= 0.3 is 0 Å². The van der Waals surface area contributed by atoms with Crippen molar-refractivity contribution in [2.24, 2.45) is 0 Å². The van der Waals surface area contributed by atoms with Gasteiger partial charge in [-0.1, -0.05) is 18.6 Å². The van der Waals surface area contributed by atoms with Crippen LogP contribution >= 0.6 is 0 Å². The molecule has 114 valence electrons. The van der Waals surface area contributed by atoms with Gasteiger partial charge in [-0.15, -0.1) is 0 Å². The average Bonchev–Trinajstić information content (AvgIpc) is 2.45. The van der Waals surface area contributed by atoms with Crippen molar-refractivity contribution in [3.05, 3.63) is 29.8 Å². The summed E-state index contributed by atoms with van der Waals surface area (Å²) in [5.41, 5.74) is 1.02. The number of aliphatic hydroxyl groups excluding tert-OH is 1. The highest BCUT2D eigenvalue weighted by Crippen LogP contribution is 2.24. The van der Waals surface area contributed by atoms with Crippen LogP contribution in [0.4, 0.5) is 0 Å². The molecule has 1 aliphatic rings. The number of rotatable bonds is 9. The van der Waals surface area contributed by atoms with Crippen LogP contribution in [0, 0.1) is 11.3 Å². The summed E-state index contributed by atoms with van der Waals surface area (Å²) in [5.74, 6) is 0.854. The molecule has 4 heteroatoms. The van der Waals surface area contributed by atoms with Gasteiger partial charge in [-0.25, -0.2) is 0 Å². The monoisotopic (exact) mass is 288 g/mol. The van der Waals surface area contributed by atoms with Crippen LogP contribution in [-0.2, 0) is 6.42 Å². The summed E-state index contributed by atoms with van der Waals surface area (Å²) in [5, 5.41) is 17.6. The van der Waals surface area contributed by atoms with Crippen molar-refractivity contribution in [2.45, 2.75) is 38.1 Å². The molecule has 1 saturated carbocycles. The number of nitriles is 1. The summed E-state index contributed by atoms with van der Waals surface area (Å²) < 4.78 is 5.78. The molecule has 0 aliphatic heterocycles. The third-order valence-corrected chi connectivity index (χ3v) is 4.05. The zero-order valence-corrected chi connectivity index (χ0v) is 12.5. The first kappa shape index (κ1) is 15.8. The molecule has 1 aromatic rings. The molecule has 0 saturated heterocycles. The Morgan fingerprint density at radius 1 is 1.24 bits per heavy atom. The predicted octanol–water partition coefficient (Wildman–Crippen LogP) is 2.37. The number of ether oxygens (including phenoxy) is 1. The minimum atomic E-state index is 0.254. The SMILES string of the molecule is N#CCc1ccc(OCCN(CCCO)C2CCC2)cc1. The Bertz CT molecular complexity index is 449. The van der Waals surface area contributed by atoms with Crippen molar-refractivity contribution in [3.8, 4) is 11.8 Å². The van der Waals surface area contributed by atoms with E-state index in [9.17, 15) is 0 Å². The molecule has 1 aromatic carbocycles. The summed E-state index contributed by atoms with van der Waals surface area (Å²) in [6.07, 6.45) is 5.14. The topological polar surface area (TPSA) is 56.5 Å². The van der Waals surface area contributed by atoms with E-state index in [-0.39, 0.29) is 6.61 Å². The lowest BCUT2D eigenvalue weighted by molar-refractivity contribution is 0.0984. The van der Waals surface area contributed by atoms with Gasteiger partial charge in [0.2, 0.25) is 0 Å². The van der Waals surface area contributed by atoms with Crippen molar-refractivity contribution < 1.29 is 9.84 Å². The fourth-order valence-corrected chi connectivity index (χ4v) is 2.58. The zero-order chi connectivity index (χ0) is 14.9. The number of hydrogen-bond donors (Lipinski definition) is 1. The number of hydrogen-bond acceptors (Lipinski definition) is 4. The first-order valence-electron chi connectivity index (χ1n) is 7.77. The molecular weight excluding hydrogens is 264 g/mol. The molecule has 1 N–H and O–H groups in total. The molecule has 0 aromatic heterocycles. The van der Waals surface area contributed by atoms with Crippen molar-refractivity contribution in [2.75, 3.05) is 26.3 Å². The van der Waals surface area contributed by atoms with Crippen LogP contribution in [0.5, 0.6) is 5.75 Å². The molecule has 1 fully saturated rings. The van der Waals surface area contributed by atoms with E-state index in [1.54, 1.807) is 0 Å². The van der Waals surface area contributed by atoms with Gasteiger partial charge in [0, 0.05) is 25.7 Å². The standard InChI is InChI=1S/C17H24N2O2/c18-10-9-15-5-7-17(8-6-15)21-14-12-19(11-2-13-20)16-3-1-4-16/h5-8,16,20H,1-4,9,11-14H2. The van der Waals surface area contributed by atoms with Gasteiger partial charge in [-0.2, -0.15) is 5.26 Å². The van der Waals surface area contributed by atoms with Crippen LogP contribution in [0.15, 0.2) is 24.3 Å². The van der Waals surface area contributed by atoms with Crippen LogP contribution in [0.25, 0.3) is 0 Å². The van der Waals surface area contributed by atoms with Gasteiger partial charge in [0.1, 0.15) is 12.4 Å². The molecule has 0 radical (unpaired) electrons. The maximum atomic E-state index is 8.98. The van der Waals surface area contributed by atoms with E-state index in [2.05, 4.69) is 11.0 Å². The number of benzene rings is 1. The molecule has 0 amide bonds. The first-order valence-corrected chi connectivity index (χ1v) is 7.77. The Hall–Kier alpha value is -1.57. The zero-order valence-electron chi connectivity index (χ0n) is 12.5. The molecule has 2 rings (SSSR count).